The molecular formula is C17H20N2O2. The summed E-state index contributed by atoms with van der Waals surface area (Å²) in [5.41, 5.74) is 9.14. The Bertz CT molecular complexity index is 624. The largest absolute Gasteiger partial charge is 0.478 e. The molecule has 0 aliphatic carbocycles. The van der Waals surface area contributed by atoms with E-state index < -0.39 is 5.97 Å². The van der Waals surface area contributed by atoms with Crippen LogP contribution in [0.1, 0.15) is 27.9 Å². The number of hydrogen-bond acceptors (Lipinski definition) is 3. The van der Waals surface area contributed by atoms with E-state index in [0.29, 0.717) is 5.69 Å². The zero-order valence-electron chi connectivity index (χ0n) is 12.1. The van der Waals surface area contributed by atoms with Crippen molar-refractivity contribution >= 4 is 17.3 Å². The van der Waals surface area contributed by atoms with Crippen molar-refractivity contribution in [3.8, 4) is 0 Å². The quantitative estimate of drug-likeness (QED) is 0.562. The lowest BCUT2D eigenvalue weighted by molar-refractivity contribution is 0.0698. The van der Waals surface area contributed by atoms with E-state index in [1.54, 1.807) is 6.07 Å². The molecule has 110 valence electrons. The number of hydrogen-bond donors (Lipinski definition) is 3. The molecule has 4 N–H and O–H groups in total. The first-order valence-electron chi connectivity index (χ1n) is 6.99. The Balaban J connectivity index is 1.93. The fourth-order valence-corrected chi connectivity index (χ4v) is 2.25. The van der Waals surface area contributed by atoms with Crippen LogP contribution in [0.3, 0.4) is 0 Å². The average molecular weight is 284 g/mol. The highest BCUT2D eigenvalue weighted by atomic mass is 16.4. The molecule has 0 saturated carbocycles. The Labute approximate surface area is 124 Å². The summed E-state index contributed by atoms with van der Waals surface area (Å²) in [6.07, 6.45) is 1.98. The number of nitrogens with one attached hydrogen (secondary N) is 1. The van der Waals surface area contributed by atoms with Crippen LogP contribution in [-0.2, 0) is 6.42 Å². The molecule has 0 aliphatic heterocycles. The van der Waals surface area contributed by atoms with Crippen LogP contribution in [-0.4, -0.2) is 17.6 Å². The van der Waals surface area contributed by atoms with Gasteiger partial charge in [-0.2, -0.15) is 0 Å². The van der Waals surface area contributed by atoms with E-state index >= 15 is 0 Å². The minimum absolute atomic E-state index is 0.153. The number of nitrogens with two attached hydrogens (primary N) is 1. The van der Waals surface area contributed by atoms with Crippen LogP contribution >= 0.6 is 0 Å². The van der Waals surface area contributed by atoms with E-state index in [4.69, 9.17) is 10.8 Å². The van der Waals surface area contributed by atoms with Crippen molar-refractivity contribution in [1.29, 1.82) is 0 Å². The summed E-state index contributed by atoms with van der Waals surface area (Å²) in [6, 6.07) is 13.8. The monoisotopic (exact) mass is 284 g/mol. The van der Waals surface area contributed by atoms with Crippen molar-refractivity contribution in [2.24, 2.45) is 0 Å². The number of aryl methyl sites for hydroxylation is 2. The van der Waals surface area contributed by atoms with Gasteiger partial charge in [0.25, 0.3) is 0 Å². The third kappa shape index (κ3) is 3.99. The summed E-state index contributed by atoms with van der Waals surface area (Å²) in [5.74, 6) is -0.997. The zero-order chi connectivity index (χ0) is 15.2. The smallest absolute Gasteiger partial charge is 0.337 e. The Hall–Kier alpha value is -2.49. The highest BCUT2D eigenvalue weighted by Gasteiger charge is 2.11. The minimum Gasteiger partial charge on any atom is -0.478 e. The Morgan fingerprint density at radius 3 is 2.62 bits per heavy atom. The lowest BCUT2D eigenvalue weighted by Gasteiger charge is -2.11. The second-order valence-electron chi connectivity index (χ2n) is 5.08. The number of anilines is 2. The van der Waals surface area contributed by atoms with Crippen LogP contribution in [0.5, 0.6) is 0 Å². The average Bonchev–Trinajstić information content (AvgIpc) is 2.47. The lowest BCUT2D eigenvalue weighted by atomic mass is 10.1. The molecule has 21 heavy (non-hydrogen) atoms. The van der Waals surface area contributed by atoms with Crippen LogP contribution in [0.25, 0.3) is 0 Å². The number of carbonyl (C=O) groups is 1. The predicted molar refractivity (Wildman–Crippen MR) is 85.8 cm³/mol. The molecule has 2 aromatic carbocycles. The molecule has 0 heterocycles. The summed E-state index contributed by atoms with van der Waals surface area (Å²) in [7, 11) is 0. The van der Waals surface area contributed by atoms with E-state index in [1.165, 1.54) is 5.56 Å². The highest BCUT2D eigenvalue weighted by Crippen LogP contribution is 2.22. The second-order valence-corrected chi connectivity index (χ2v) is 5.08. The number of aromatic carboxylic acids is 1. The van der Waals surface area contributed by atoms with Crippen molar-refractivity contribution < 1.29 is 9.90 Å². The van der Waals surface area contributed by atoms with Gasteiger partial charge in [0.2, 0.25) is 0 Å². The van der Waals surface area contributed by atoms with Gasteiger partial charge in [0.1, 0.15) is 0 Å². The SMILES string of the molecule is Cc1cc(NCCCc2ccccc2)cc(C(=O)O)c1N. The van der Waals surface area contributed by atoms with Gasteiger partial charge >= 0.3 is 5.97 Å². The first-order valence-corrected chi connectivity index (χ1v) is 6.99. The number of nitrogen functional groups attached to an aromatic ring is 1. The molecule has 0 bridgehead atoms. The van der Waals surface area contributed by atoms with Gasteiger partial charge in [-0.15, -0.1) is 0 Å². The molecule has 0 atom stereocenters. The fourth-order valence-electron chi connectivity index (χ4n) is 2.25. The summed E-state index contributed by atoms with van der Waals surface area (Å²) < 4.78 is 0. The molecule has 2 rings (SSSR count). The molecule has 0 radical (unpaired) electrons. The Morgan fingerprint density at radius 1 is 1.24 bits per heavy atom. The second kappa shape index (κ2) is 6.79. The first kappa shape index (κ1) is 14.9. The molecule has 0 aromatic heterocycles. The molecule has 0 fully saturated rings. The van der Waals surface area contributed by atoms with Crippen LogP contribution in [0, 0.1) is 6.92 Å². The van der Waals surface area contributed by atoms with Gasteiger partial charge in [0, 0.05) is 17.9 Å². The normalized spacial score (nSPS) is 10.3. The first-order chi connectivity index (χ1) is 10.1. The summed E-state index contributed by atoms with van der Waals surface area (Å²) in [5, 5.41) is 12.4. The zero-order valence-corrected chi connectivity index (χ0v) is 12.1. The van der Waals surface area contributed by atoms with Crippen LogP contribution in [0.2, 0.25) is 0 Å². The van der Waals surface area contributed by atoms with Gasteiger partial charge in [-0.05, 0) is 43.0 Å². The molecular weight excluding hydrogens is 264 g/mol. The molecule has 0 spiro atoms. The summed E-state index contributed by atoms with van der Waals surface area (Å²) in [6.45, 7) is 2.61. The van der Waals surface area contributed by atoms with E-state index in [-0.39, 0.29) is 5.56 Å². The van der Waals surface area contributed by atoms with Crippen molar-refractivity contribution in [2.45, 2.75) is 19.8 Å². The third-order valence-corrected chi connectivity index (χ3v) is 3.43. The van der Waals surface area contributed by atoms with Crippen molar-refractivity contribution in [1.82, 2.24) is 0 Å². The van der Waals surface area contributed by atoms with Gasteiger partial charge in [0.05, 0.1) is 5.56 Å². The summed E-state index contributed by atoms with van der Waals surface area (Å²) in [4.78, 5) is 11.1. The number of carboxylic acid groups (broad SMARTS) is 1. The number of carboxylic acids is 1. The Kier molecular flexibility index (Phi) is 4.82. The van der Waals surface area contributed by atoms with Gasteiger partial charge < -0.3 is 16.2 Å². The third-order valence-electron chi connectivity index (χ3n) is 3.43. The van der Waals surface area contributed by atoms with Crippen LogP contribution < -0.4 is 11.1 Å². The van der Waals surface area contributed by atoms with Crippen LogP contribution in [0.15, 0.2) is 42.5 Å². The van der Waals surface area contributed by atoms with E-state index in [2.05, 4.69) is 17.4 Å². The number of rotatable bonds is 6. The molecule has 4 nitrogen and oxygen atoms in total. The van der Waals surface area contributed by atoms with Crippen LogP contribution in [0.4, 0.5) is 11.4 Å². The Morgan fingerprint density at radius 2 is 1.95 bits per heavy atom. The van der Waals surface area contributed by atoms with E-state index in [0.717, 1.165) is 30.6 Å². The maximum Gasteiger partial charge on any atom is 0.337 e. The van der Waals surface area contributed by atoms with Gasteiger partial charge in [0.15, 0.2) is 0 Å². The maximum atomic E-state index is 11.1. The van der Waals surface area contributed by atoms with Gasteiger partial charge in [-0.3, -0.25) is 0 Å². The van der Waals surface area contributed by atoms with Gasteiger partial charge in [-0.25, -0.2) is 4.79 Å². The maximum absolute atomic E-state index is 11.1. The van der Waals surface area contributed by atoms with E-state index in [9.17, 15) is 4.79 Å². The molecule has 0 aliphatic rings. The molecule has 0 unspecified atom stereocenters. The predicted octanol–water partition coefficient (Wildman–Crippen LogP) is 3.32. The fraction of sp³-hybridized carbons (Fsp3) is 0.235. The summed E-state index contributed by atoms with van der Waals surface area (Å²) >= 11 is 0. The molecule has 4 heteroatoms. The topological polar surface area (TPSA) is 75.3 Å². The highest BCUT2D eigenvalue weighted by molar-refractivity contribution is 5.95. The van der Waals surface area contributed by atoms with Crippen molar-refractivity contribution in [3.05, 3.63) is 59.2 Å². The lowest BCUT2D eigenvalue weighted by Crippen LogP contribution is -2.08. The van der Waals surface area contributed by atoms with Crippen molar-refractivity contribution in [3.63, 3.8) is 0 Å². The number of benzene rings is 2. The molecule has 2 aromatic rings. The standard InChI is InChI=1S/C17H20N2O2/c1-12-10-14(11-15(16(12)18)17(20)21)19-9-5-8-13-6-3-2-4-7-13/h2-4,6-7,10-11,19H,5,8-9,18H2,1H3,(H,20,21). The van der Waals surface area contributed by atoms with E-state index in [1.807, 2.05) is 31.2 Å². The van der Waals surface area contributed by atoms with Gasteiger partial charge in [-0.1, -0.05) is 30.3 Å². The molecule has 0 amide bonds. The molecule has 0 saturated heterocycles. The minimum atomic E-state index is -0.997. The van der Waals surface area contributed by atoms with Crippen molar-refractivity contribution in [2.75, 3.05) is 17.6 Å².